The fourth-order valence-electron chi connectivity index (χ4n) is 3.17. The van der Waals surface area contributed by atoms with Gasteiger partial charge in [-0.05, 0) is 18.8 Å². The predicted molar refractivity (Wildman–Crippen MR) is 69.5 cm³/mol. The molecule has 1 saturated carbocycles. The van der Waals surface area contributed by atoms with Crippen LogP contribution in [0.25, 0.3) is 0 Å². The Kier molecular flexibility index (Phi) is 4.70. The Labute approximate surface area is 116 Å². The first kappa shape index (κ1) is 15.3. The van der Waals surface area contributed by atoms with Crippen LogP contribution in [-0.2, 0) is 13.5 Å². The third-order valence-corrected chi connectivity index (χ3v) is 4.29. The molecule has 2 rings (SSSR count). The molecule has 4 nitrogen and oxygen atoms in total. The fraction of sp³-hybridized carbons (Fsp3) is 0.769. The van der Waals surface area contributed by atoms with Gasteiger partial charge in [0.15, 0.2) is 0 Å². The molecule has 0 saturated heterocycles. The number of imidazole rings is 1. The van der Waals surface area contributed by atoms with Crippen LogP contribution in [0.15, 0.2) is 12.4 Å². The number of alkyl halides is 3. The number of aryl methyl sites for hydroxylation is 1. The lowest BCUT2D eigenvalue weighted by molar-refractivity contribution is -0.199. The van der Waals surface area contributed by atoms with Gasteiger partial charge < -0.3 is 4.57 Å². The maximum Gasteiger partial charge on any atom is 0.392 e. The largest absolute Gasteiger partial charge is 0.392 e. The van der Waals surface area contributed by atoms with Crippen molar-refractivity contribution in [1.29, 1.82) is 0 Å². The maximum absolute atomic E-state index is 13.2. The Morgan fingerprint density at radius 2 is 2.15 bits per heavy atom. The number of nitrogens with one attached hydrogen (secondary N) is 1. The lowest BCUT2D eigenvalue weighted by atomic mass is 9.74. The summed E-state index contributed by atoms with van der Waals surface area (Å²) < 4.78 is 41.3. The zero-order valence-corrected chi connectivity index (χ0v) is 11.5. The van der Waals surface area contributed by atoms with Gasteiger partial charge in [0.1, 0.15) is 5.82 Å². The third-order valence-electron chi connectivity index (χ3n) is 4.29. The van der Waals surface area contributed by atoms with Gasteiger partial charge >= 0.3 is 6.18 Å². The Balaban J connectivity index is 2.14. The zero-order chi connectivity index (χ0) is 14.8. The Bertz CT molecular complexity index is 429. The summed E-state index contributed by atoms with van der Waals surface area (Å²) in [7, 11) is 1.83. The Morgan fingerprint density at radius 1 is 1.45 bits per heavy atom. The summed E-state index contributed by atoms with van der Waals surface area (Å²) in [5, 5.41) is 0. The van der Waals surface area contributed by atoms with Gasteiger partial charge in [-0.3, -0.25) is 11.3 Å². The van der Waals surface area contributed by atoms with Gasteiger partial charge in [0.2, 0.25) is 0 Å². The minimum Gasteiger partial charge on any atom is -0.338 e. The number of hydrazine groups is 1. The van der Waals surface area contributed by atoms with Crippen LogP contribution < -0.4 is 11.3 Å². The van der Waals surface area contributed by atoms with Gasteiger partial charge in [-0.15, -0.1) is 0 Å². The summed E-state index contributed by atoms with van der Waals surface area (Å²) in [5.74, 6) is 4.52. The lowest BCUT2D eigenvalue weighted by Crippen LogP contribution is -2.49. The van der Waals surface area contributed by atoms with E-state index in [1.54, 1.807) is 12.4 Å². The normalized spacial score (nSPS) is 25.6. The minimum absolute atomic E-state index is 0.201. The second-order valence-corrected chi connectivity index (χ2v) is 5.53. The van der Waals surface area contributed by atoms with Gasteiger partial charge in [0.25, 0.3) is 0 Å². The molecule has 1 aromatic rings. The first-order valence-electron chi connectivity index (χ1n) is 6.92. The summed E-state index contributed by atoms with van der Waals surface area (Å²) in [6.07, 6.45) is 1.92. The van der Waals surface area contributed by atoms with Crippen LogP contribution in [0.1, 0.15) is 31.5 Å². The topological polar surface area (TPSA) is 55.9 Å². The molecule has 114 valence electrons. The van der Waals surface area contributed by atoms with E-state index in [0.29, 0.717) is 19.3 Å². The maximum atomic E-state index is 13.2. The molecule has 0 aromatic carbocycles. The van der Waals surface area contributed by atoms with Crippen LogP contribution in [-0.4, -0.2) is 21.8 Å². The highest BCUT2D eigenvalue weighted by Crippen LogP contribution is 2.43. The summed E-state index contributed by atoms with van der Waals surface area (Å²) >= 11 is 0. The lowest BCUT2D eigenvalue weighted by Gasteiger charge is -2.37. The molecular formula is C13H21F3N4. The van der Waals surface area contributed by atoms with Crippen molar-refractivity contribution in [3.05, 3.63) is 18.2 Å². The van der Waals surface area contributed by atoms with Gasteiger partial charge in [-0.2, -0.15) is 13.2 Å². The van der Waals surface area contributed by atoms with Gasteiger partial charge in [-0.25, -0.2) is 4.98 Å². The minimum atomic E-state index is -4.15. The summed E-state index contributed by atoms with van der Waals surface area (Å²) in [6.45, 7) is 0. The van der Waals surface area contributed by atoms with Crippen molar-refractivity contribution in [1.82, 2.24) is 15.0 Å². The third kappa shape index (κ3) is 3.32. The Hall–Kier alpha value is -1.08. The van der Waals surface area contributed by atoms with Crippen LogP contribution in [0, 0.1) is 11.8 Å². The van der Waals surface area contributed by atoms with E-state index in [1.807, 2.05) is 11.6 Å². The molecule has 1 heterocycles. The van der Waals surface area contributed by atoms with Crippen molar-refractivity contribution < 1.29 is 13.2 Å². The van der Waals surface area contributed by atoms with Crippen molar-refractivity contribution in [2.75, 3.05) is 0 Å². The Morgan fingerprint density at radius 3 is 2.70 bits per heavy atom. The van der Waals surface area contributed by atoms with E-state index < -0.39 is 24.1 Å². The summed E-state index contributed by atoms with van der Waals surface area (Å²) in [6, 6.07) is -0.400. The van der Waals surface area contributed by atoms with Crippen LogP contribution in [0.3, 0.4) is 0 Å². The number of halogens is 3. The molecule has 0 spiro atoms. The highest BCUT2D eigenvalue weighted by atomic mass is 19.4. The number of hydrogen-bond acceptors (Lipinski definition) is 3. The highest BCUT2D eigenvalue weighted by Gasteiger charge is 2.47. The molecule has 1 aromatic heterocycles. The number of nitrogens with two attached hydrogens (primary N) is 1. The predicted octanol–water partition coefficient (Wildman–Crippen LogP) is 2.16. The molecule has 0 aliphatic heterocycles. The van der Waals surface area contributed by atoms with Gasteiger partial charge in [-0.1, -0.05) is 12.8 Å². The van der Waals surface area contributed by atoms with E-state index in [-0.39, 0.29) is 6.42 Å². The quantitative estimate of drug-likeness (QED) is 0.660. The van der Waals surface area contributed by atoms with E-state index >= 15 is 0 Å². The second kappa shape index (κ2) is 6.13. The zero-order valence-electron chi connectivity index (χ0n) is 11.5. The number of rotatable bonds is 4. The molecule has 1 aliphatic carbocycles. The molecule has 0 radical (unpaired) electrons. The number of hydrogen-bond donors (Lipinski definition) is 2. The first-order chi connectivity index (χ1) is 9.43. The monoisotopic (exact) mass is 290 g/mol. The van der Waals surface area contributed by atoms with Crippen LogP contribution in [0.2, 0.25) is 0 Å². The molecule has 1 fully saturated rings. The van der Waals surface area contributed by atoms with Crippen LogP contribution >= 0.6 is 0 Å². The van der Waals surface area contributed by atoms with Crippen molar-refractivity contribution in [2.45, 2.75) is 44.3 Å². The molecule has 1 aliphatic rings. The molecule has 0 amide bonds. The molecule has 3 N–H and O–H groups in total. The smallest absolute Gasteiger partial charge is 0.338 e. The average molecular weight is 290 g/mol. The van der Waals surface area contributed by atoms with E-state index in [9.17, 15) is 13.2 Å². The molecule has 7 heteroatoms. The number of aromatic nitrogens is 2. The van der Waals surface area contributed by atoms with Crippen molar-refractivity contribution in [3.8, 4) is 0 Å². The van der Waals surface area contributed by atoms with E-state index in [2.05, 4.69) is 10.4 Å². The van der Waals surface area contributed by atoms with Gasteiger partial charge in [0.05, 0.1) is 5.92 Å². The second-order valence-electron chi connectivity index (χ2n) is 5.53. The van der Waals surface area contributed by atoms with Crippen molar-refractivity contribution >= 4 is 0 Å². The van der Waals surface area contributed by atoms with Crippen LogP contribution in [0.4, 0.5) is 13.2 Å². The molecule has 0 bridgehead atoms. The first-order valence-corrected chi connectivity index (χ1v) is 6.92. The summed E-state index contributed by atoms with van der Waals surface area (Å²) in [5.41, 5.74) is 2.59. The molecule has 20 heavy (non-hydrogen) atoms. The van der Waals surface area contributed by atoms with Crippen molar-refractivity contribution in [2.24, 2.45) is 24.7 Å². The molecule has 3 atom stereocenters. The standard InChI is InChI=1S/C13H21F3N4/c1-20-7-6-18-12(20)8-11(19-17)9-4-2-3-5-10(9)13(14,15)16/h6-7,9-11,19H,2-5,8,17H2,1H3. The molecule has 3 unspecified atom stereocenters. The van der Waals surface area contributed by atoms with Gasteiger partial charge in [0, 0.05) is 31.9 Å². The van der Waals surface area contributed by atoms with E-state index in [1.165, 1.54) is 0 Å². The number of nitrogens with zero attached hydrogens (tertiary/aromatic N) is 2. The van der Waals surface area contributed by atoms with Crippen molar-refractivity contribution in [3.63, 3.8) is 0 Å². The van der Waals surface area contributed by atoms with E-state index in [0.717, 1.165) is 12.2 Å². The fourth-order valence-corrected chi connectivity index (χ4v) is 3.17. The SMILES string of the molecule is Cn1ccnc1CC(NN)C1CCCCC1C(F)(F)F. The average Bonchev–Trinajstić information content (AvgIpc) is 2.80. The van der Waals surface area contributed by atoms with Crippen LogP contribution in [0.5, 0.6) is 0 Å². The molecular weight excluding hydrogens is 269 g/mol. The highest BCUT2D eigenvalue weighted by molar-refractivity contribution is 4.98. The summed E-state index contributed by atoms with van der Waals surface area (Å²) in [4.78, 5) is 4.17. The van der Waals surface area contributed by atoms with E-state index in [4.69, 9.17) is 5.84 Å².